The summed E-state index contributed by atoms with van der Waals surface area (Å²) >= 11 is 0. The van der Waals surface area contributed by atoms with Gasteiger partial charge in [0.05, 0.1) is 12.2 Å². The lowest BCUT2D eigenvalue weighted by Crippen LogP contribution is -2.32. The number of aryl methyl sites for hydroxylation is 3. The summed E-state index contributed by atoms with van der Waals surface area (Å²) < 4.78 is 0. The first kappa shape index (κ1) is 16.5. The number of phenols is 1. The summed E-state index contributed by atoms with van der Waals surface area (Å²) in [5.74, 6) is -0.712. The number of anilines is 1. The Balaban J connectivity index is 1.93. The summed E-state index contributed by atoms with van der Waals surface area (Å²) in [6, 6.07) is 10.3. The smallest absolute Gasteiger partial charge is 0.251 e. The number of hydrogen-bond donors (Lipinski definition) is 3. The minimum atomic E-state index is -0.402. The molecule has 5 nitrogen and oxygen atoms in total. The molecule has 0 aromatic heterocycles. The predicted octanol–water partition coefficient (Wildman–Crippen LogP) is 2.69. The zero-order valence-electron chi connectivity index (χ0n) is 13.4. The lowest BCUT2D eigenvalue weighted by molar-refractivity contribution is -0.115. The molecule has 0 aliphatic carbocycles. The van der Waals surface area contributed by atoms with Crippen LogP contribution < -0.4 is 10.6 Å². The fourth-order valence-corrected chi connectivity index (χ4v) is 2.09. The maximum Gasteiger partial charge on any atom is 0.251 e. The molecule has 0 saturated heterocycles. The average Bonchev–Trinajstić information content (AvgIpc) is 2.50. The van der Waals surface area contributed by atoms with Gasteiger partial charge in [-0.15, -0.1) is 0 Å². The number of nitrogens with one attached hydrogen (secondary N) is 2. The van der Waals surface area contributed by atoms with Crippen molar-refractivity contribution in [3.8, 4) is 5.75 Å². The Morgan fingerprint density at radius 3 is 2.39 bits per heavy atom. The number of aromatic hydroxyl groups is 1. The number of rotatable bonds is 4. The van der Waals surface area contributed by atoms with Gasteiger partial charge in [0.25, 0.3) is 5.91 Å². The molecule has 0 unspecified atom stereocenters. The molecule has 23 heavy (non-hydrogen) atoms. The molecule has 0 fully saturated rings. The maximum absolute atomic E-state index is 12.0. The van der Waals surface area contributed by atoms with E-state index < -0.39 is 5.91 Å². The second kappa shape index (κ2) is 6.96. The number of benzene rings is 2. The minimum absolute atomic E-state index is 0.00108. The second-order valence-electron chi connectivity index (χ2n) is 5.55. The van der Waals surface area contributed by atoms with Crippen LogP contribution in [-0.4, -0.2) is 23.5 Å². The molecule has 0 aliphatic heterocycles. The molecule has 0 saturated carbocycles. The van der Waals surface area contributed by atoms with Gasteiger partial charge < -0.3 is 15.7 Å². The van der Waals surface area contributed by atoms with Crippen molar-refractivity contribution in [2.24, 2.45) is 0 Å². The molecule has 2 aromatic carbocycles. The Labute approximate surface area is 135 Å². The zero-order chi connectivity index (χ0) is 17.0. The van der Waals surface area contributed by atoms with Gasteiger partial charge in [0.1, 0.15) is 5.75 Å². The van der Waals surface area contributed by atoms with E-state index in [1.807, 2.05) is 26.8 Å². The Bertz CT molecular complexity index is 754. The molecule has 5 heteroatoms. The minimum Gasteiger partial charge on any atom is -0.506 e. The van der Waals surface area contributed by atoms with Gasteiger partial charge in [0.15, 0.2) is 0 Å². The van der Waals surface area contributed by atoms with E-state index in [2.05, 4.69) is 10.6 Å². The van der Waals surface area contributed by atoms with Crippen molar-refractivity contribution in [2.45, 2.75) is 20.8 Å². The summed E-state index contributed by atoms with van der Waals surface area (Å²) in [4.78, 5) is 23.9. The highest BCUT2D eigenvalue weighted by Crippen LogP contribution is 2.23. The maximum atomic E-state index is 12.0. The van der Waals surface area contributed by atoms with Crippen molar-refractivity contribution in [3.63, 3.8) is 0 Å². The second-order valence-corrected chi connectivity index (χ2v) is 5.55. The molecular formula is C18H20N2O3. The Morgan fingerprint density at radius 2 is 1.74 bits per heavy atom. The highest BCUT2D eigenvalue weighted by molar-refractivity contribution is 5.99. The van der Waals surface area contributed by atoms with Gasteiger partial charge in [0.2, 0.25) is 5.91 Å². The molecule has 3 N–H and O–H groups in total. The van der Waals surface area contributed by atoms with E-state index in [1.165, 1.54) is 0 Å². The summed E-state index contributed by atoms with van der Waals surface area (Å²) in [6.45, 7) is 5.58. The third-order valence-corrected chi connectivity index (χ3v) is 3.61. The van der Waals surface area contributed by atoms with Crippen molar-refractivity contribution in [1.29, 1.82) is 0 Å². The molecule has 0 aliphatic rings. The molecule has 2 amide bonds. The van der Waals surface area contributed by atoms with Crippen molar-refractivity contribution >= 4 is 17.5 Å². The molecule has 0 bridgehead atoms. The molecule has 2 rings (SSSR count). The third-order valence-electron chi connectivity index (χ3n) is 3.61. The summed E-state index contributed by atoms with van der Waals surface area (Å²) in [6.07, 6.45) is 0. The van der Waals surface area contributed by atoms with Crippen LogP contribution in [0.5, 0.6) is 5.75 Å². The number of amides is 2. The Kier molecular flexibility index (Phi) is 5.01. The summed E-state index contributed by atoms with van der Waals surface area (Å²) in [5, 5.41) is 14.9. The lowest BCUT2D eigenvalue weighted by Gasteiger charge is -2.09. The topological polar surface area (TPSA) is 78.4 Å². The van der Waals surface area contributed by atoms with Gasteiger partial charge in [0, 0.05) is 5.56 Å². The quantitative estimate of drug-likeness (QED) is 0.760. The fourth-order valence-electron chi connectivity index (χ4n) is 2.09. The first-order chi connectivity index (χ1) is 10.9. The molecule has 0 radical (unpaired) electrons. The van der Waals surface area contributed by atoms with Crippen molar-refractivity contribution in [2.75, 3.05) is 11.9 Å². The van der Waals surface area contributed by atoms with Gasteiger partial charge in [-0.25, -0.2) is 0 Å². The monoisotopic (exact) mass is 312 g/mol. The summed E-state index contributed by atoms with van der Waals surface area (Å²) in [5.41, 5.74) is 3.85. The number of carbonyl (C=O) groups excluding carboxylic acids is 2. The fraction of sp³-hybridized carbons (Fsp3) is 0.222. The molecule has 0 spiro atoms. The van der Waals surface area contributed by atoms with Crippen molar-refractivity contribution in [1.82, 2.24) is 5.32 Å². The van der Waals surface area contributed by atoms with Crippen LogP contribution in [-0.2, 0) is 4.79 Å². The van der Waals surface area contributed by atoms with E-state index in [1.54, 1.807) is 30.3 Å². The molecule has 2 aromatic rings. The van der Waals surface area contributed by atoms with E-state index in [-0.39, 0.29) is 18.2 Å². The van der Waals surface area contributed by atoms with Crippen molar-refractivity contribution in [3.05, 3.63) is 58.7 Å². The van der Waals surface area contributed by atoms with Crippen LogP contribution in [0, 0.1) is 20.8 Å². The standard InChI is InChI=1S/C18H20N2O3/c1-11-4-7-15(16(21)8-11)20-17(22)10-19-18(23)14-6-5-12(2)13(3)9-14/h4-9,21H,10H2,1-3H3,(H,19,23)(H,20,22). The molecule has 120 valence electrons. The highest BCUT2D eigenvalue weighted by Gasteiger charge is 2.10. The van der Waals surface area contributed by atoms with E-state index in [0.29, 0.717) is 11.3 Å². The number of phenolic OH excluding ortho intramolecular Hbond substituents is 1. The molecular weight excluding hydrogens is 292 g/mol. The van der Waals surface area contributed by atoms with E-state index >= 15 is 0 Å². The Morgan fingerprint density at radius 1 is 1.00 bits per heavy atom. The first-order valence-corrected chi connectivity index (χ1v) is 7.32. The van der Waals surface area contributed by atoms with Crippen molar-refractivity contribution < 1.29 is 14.7 Å². The highest BCUT2D eigenvalue weighted by atomic mass is 16.3. The van der Waals surface area contributed by atoms with Crippen LogP contribution in [0.15, 0.2) is 36.4 Å². The number of carbonyl (C=O) groups is 2. The van der Waals surface area contributed by atoms with Crippen LogP contribution in [0.1, 0.15) is 27.0 Å². The van der Waals surface area contributed by atoms with Gasteiger partial charge in [-0.3, -0.25) is 9.59 Å². The van der Waals surface area contributed by atoms with E-state index in [0.717, 1.165) is 16.7 Å². The zero-order valence-corrected chi connectivity index (χ0v) is 13.4. The predicted molar refractivity (Wildman–Crippen MR) is 89.7 cm³/mol. The average molecular weight is 312 g/mol. The Hall–Kier alpha value is -2.82. The van der Waals surface area contributed by atoms with Crippen LogP contribution in [0.3, 0.4) is 0 Å². The van der Waals surface area contributed by atoms with Gasteiger partial charge in [-0.2, -0.15) is 0 Å². The van der Waals surface area contributed by atoms with E-state index in [9.17, 15) is 14.7 Å². The molecule has 0 atom stereocenters. The summed E-state index contributed by atoms with van der Waals surface area (Å²) in [7, 11) is 0. The van der Waals surface area contributed by atoms with Gasteiger partial charge in [-0.1, -0.05) is 12.1 Å². The van der Waals surface area contributed by atoms with Gasteiger partial charge >= 0.3 is 0 Å². The van der Waals surface area contributed by atoms with Crippen LogP contribution in [0.2, 0.25) is 0 Å². The SMILES string of the molecule is Cc1ccc(NC(=O)CNC(=O)c2ccc(C)c(C)c2)c(O)c1. The van der Waals surface area contributed by atoms with Crippen LogP contribution in [0.4, 0.5) is 5.69 Å². The van der Waals surface area contributed by atoms with Crippen LogP contribution >= 0.6 is 0 Å². The van der Waals surface area contributed by atoms with E-state index in [4.69, 9.17) is 0 Å². The van der Waals surface area contributed by atoms with Gasteiger partial charge in [-0.05, 0) is 61.7 Å². The lowest BCUT2D eigenvalue weighted by atomic mass is 10.1. The molecule has 0 heterocycles. The normalized spacial score (nSPS) is 10.2. The van der Waals surface area contributed by atoms with Crippen LogP contribution in [0.25, 0.3) is 0 Å². The number of hydrogen-bond acceptors (Lipinski definition) is 3. The first-order valence-electron chi connectivity index (χ1n) is 7.32. The third kappa shape index (κ3) is 4.32. The largest absolute Gasteiger partial charge is 0.506 e.